The van der Waals surface area contributed by atoms with Crippen molar-refractivity contribution in [2.24, 2.45) is 11.7 Å². The standard InChI is InChI=1S/C19H29N3O3/c1-12-8-9-15(10-13(12)2)18(24)21-22-19(25)17(23)16(20)11-14-6-4-3-5-7-14/h8-10,14,16-17,23H,3-7,11,20H2,1-2H3,(H,21,24)(H,22,25)/t16-,17?/m1/s1. The molecular formula is C19H29N3O3. The fourth-order valence-electron chi connectivity index (χ4n) is 3.28. The maximum absolute atomic E-state index is 12.1. The number of aliphatic hydroxyl groups excluding tert-OH is 1. The minimum absolute atomic E-state index is 0.426. The first-order valence-electron chi connectivity index (χ1n) is 8.99. The topological polar surface area (TPSA) is 104 Å². The quantitative estimate of drug-likeness (QED) is 0.609. The number of amides is 2. The lowest BCUT2D eigenvalue weighted by atomic mass is 9.84. The molecule has 5 N–H and O–H groups in total. The van der Waals surface area contributed by atoms with Crippen molar-refractivity contribution in [3.63, 3.8) is 0 Å². The van der Waals surface area contributed by atoms with Gasteiger partial charge < -0.3 is 10.8 Å². The fourth-order valence-corrected chi connectivity index (χ4v) is 3.28. The molecule has 0 aliphatic heterocycles. The van der Waals surface area contributed by atoms with Crippen molar-refractivity contribution in [2.75, 3.05) is 0 Å². The van der Waals surface area contributed by atoms with Crippen molar-refractivity contribution in [1.29, 1.82) is 0 Å². The Hall–Kier alpha value is -1.92. The molecule has 2 amide bonds. The normalized spacial score (nSPS) is 17.6. The highest BCUT2D eigenvalue weighted by atomic mass is 16.3. The molecule has 2 atom stereocenters. The predicted molar refractivity (Wildman–Crippen MR) is 96.7 cm³/mol. The van der Waals surface area contributed by atoms with Gasteiger partial charge in [-0.15, -0.1) is 0 Å². The van der Waals surface area contributed by atoms with Crippen LogP contribution in [0.1, 0.15) is 60.0 Å². The molecule has 0 heterocycles. The summed E-state index contributed by atoms with van der Waals surface area (Å²) in [5.41, 5.74) is 13.1. The fraction of sp³-hybridized carbons (Fsp3) is 0.579. The van der Waals surface area contributed by atoms with Gasteiger partial charge in [0.15, 0.2) is 0 Å². The Labute approximate surface area is 149 Å². The van der Waals surface area contributed by atoms with Crippen LogP contribution in [0.15, 0.2) is 18.2 Å². The molecule has 0 saturated heterocycles. The molecule has 138 valence electrons. The molecule has 1 saturated carbocycles. The number of benzene rings is 1. The van der Waals surface area contributed by atoms with E-state index in [4.69, 9.17) is 5.73 Å². The van der Waals surface area contributed by atoms with E-state index < -0.39 is 24.0 Å². The Morgan fingerprint density at radius 3 is 2.48 bits per heavy atom. The van der Waals surface area contributed by atoms with Crippen LogP contribution in [-0.4, -0.2) is 29.1 Å². The number of nitrogens with one attached hydrogen (secondary N) is 2. The highest BCUT2D eigenvalue weighted by Crippen LogP contribution is 2.27. The van der Waals surface area contributed by atoms with Crippen LogP contribution in [0.25, 0.3) is 0 Å². The third kappa shape index (κ3) is 5.54. The summed E-state index contributed by atoms with van der Waals surface area (Å²) in [5.74, 6) is -0.638. The average molecular weight is 347 g/mol. The van der Waals surface area contributed by atoms with Crippen molar-refractivity contribution in [3.05, 3.63) is 34.9 Å². The van der Waals surface area contributed by atoms with Crippen molar-refractivity contribution >= 4 is 11.8 Å². The Morgan fingerprint density at radius 2 is 1.84 bits per heavy atom. The maximum Gasteiger partial charge on any atom is 0.269 e. The lowest BCUT2D eigenvalue weighted by Crippen LogP contribution is -2.52. The van der Waals surface area contributed by atoms with E-state index in [0.29, 0.717) is 17.9 Å². The molecule has 1 aromatic carbocycles. The van der Waals surface area contributed by atoms with Gasteiger partial charge in [-0.05, 0) is 49.4 Å². The van der Waals surface area contributed by atoms with E-state index >= 15 is 0 Å². The molecule has 2 rings (SSSR count). The molecule has 1 unspecified atom stereocenters. The summed E-state index contributed by atoms with van der Waals surface area (Å²) < 4.78 is 0. The Balaban J connectivity index is 1.81. The van der Waals surface area contributed by atoms with Gasteiger partial charge >= 0.3 is 0 Å². The van der Waals surface area contributed by atoms with E-state index in [1.54, 1.807) is 12.1 Å². The highest BCUT2D eigenvalue weighted by Gasteiger charge is 2.26. The SMILES string of the molecule is Cc1ccc(C(=O)NNC(=O)C(O)[C@H](N)CC2CCCCC2)cc1C. The van der Waals surface area contributed by atoms with Gasteiger partial charge in [-0.25, -0.2) is 0 Å². The number of nitrogens with two attached hydrogens (primary N) is 1. The summed E-state index contributed by atoms with van der Waals surface area (Å²) in [5, 5.41) is 10.1. The zero-order valence-corrected chi connectivity index (χ0v) is 15.0. The lowest BCUT2D eigenvalue weighted by Gasteiger charge is -2.26. The van der Waals surface area contributed by atoms with Crippen LogP contribution in [0.4, 0.5) is 0 Å². The molecular weight excluding hydrogens is 318 g/mol. The van der Waals surface area contributed by atoms with Gasteiger partial charge in [-0.3, -0.25) is 20.4 Å². The summed E-state index contributed by atoms with van der Waals surface area (Å²) in [6.45, 7) is 3.88. The molecule has 0 aromatic heterocycles. The van der Waals surface area contributed by atoms with E-state index in [9.17, 15) is 14.7 Å². The summed E-state index contributed by atoms with van der Waals surface area (Å²) in [7, 11) is 0. The smallest absolute Gasteiger partial charge is 0.269 e. The number of carbonyl (C=O) groups is 2. The molecule has 0 radical (unpaired) electrons. The Bertz CT molecular complexity index is 612. The van der Waals surface area contributed by atoms with Gasteiger partial charge in [0.25, 0.3) is 11.8 Å². The minimum atomic E-state index is -1.33. The van der Waals surface area contributed by atoms with Gasteiger partial charge in [0, 0.05) is 11.6 Å². The van der Waals surface area contributed by atoms with Gasteiger partial charge in [0.1, 0.15) is 6.10 Å². The van der Waals surface area contributed by atoms with Crippen molar-refractivity contribution in [2.45, 2.75) is 64.5 Å². The first kappa shape index (κ1) is 19.4. The number of hydrogen-bond donors (Lipinski definition) is 4. The van der Waals surface area contributed by atoms with Gasteiger partial charge in [0.2, 0.25) is 0 Å². The number of aliphatic hydroxyl groups is 1. The third-order valence-electron chi connectivity index (χ3n) is 5.07. The molecule has 25 heavy (non-hydrogen) atoms. The highest BCUT2D eigenvalue weighted by molar-refractivity contribution is 5.96. The van der Waals surface area contributed by atoms with Crippen LogP contribution in [0.2, 0.25) is 0 Å². The zero-order valence-electron chi connectivity index (χ0n) is 15.0. The lowest BCUT2D eigenvalue weighted by molar-refractivity contribution is -0.131. The van der Waals surface area contributed by atoms with Crippen LogP contribution in [-0.2, 0) is 4.79 Å². The number of carbonyl (C=O) groups excluding carboxylic acids is 2. The van der Waals surface area contributed by atoms with Crippen LogP contribution in [0.5, 0.6) is 0 Å². The van der Waals surface area contributed by atoms with Crippen LogP contribution >= 0.6 is 0 Å². The van der Waals surface area contributed by atoms with E-state index in [1.807, 2.05) is 19.9 Å². The monoisotopic (exact) mass is 347 g/mol. The second kappa shape index (κ2) is 8.97. The van der Waals surface area contributed by atoms with Crippen LogP contribution in [0.3, 0.4) is 0 Å². The third-order valence-corrected chi connectivity index (χ3v) is 5.07. The largest absolute Gasteiger partial charge is 0.382 e. The Kier molecular flexibility index (Phi) is 6.96. The summed E-state index contributed by atoms with van der Waals surface area (Å²) in [6, 6.07) is 4.67. The van der Waals surface area contributed by atoms with E-state index in [1.165, 1.54) is 19.3 Å². The molecule has 6 heteroatoms. The Morgan fingerprint density at radius 1 is 1.16 bits per heavy atom. The van der Waals surface area contributed by atoms with Crippen molar-refractivity contribution in [3.8, 4) is 0 Å². The number of hydrazine groups is 1. The number of hydrogen-bond acceptors (Lipinski definition) is 4. The number of aryl methyl sites for hydroxylation is 2. The first-order valence-corrected chi connectivity index (χ1v) is 8.99. The average Bonchev–Trinajstić information content (AvgIpc) is 2.61. The van der Waals surface area contributed by atoms with E-state index in [-0.39, 0.29) is 0 Å². The summed E-state index contributed by atoms with van der Waals surface area (Å²) in [6.07, 6.45) is 5.12. The second-order valence-electron chi connectivity index (χ2n) is 7.09. The zero-order chi connectivity index (χ0) is 18.4. The van der Waals surface area contributed by atoms with Gasteiger partial charge in [0.05, 0.1) is 0 Å². The molecule has 6 nitrogen and oxygen atoms in total. The molecule has 1 aliphatic carbocycles. The number of rotatable bonds is 5. The minimum Gasteiger partial charge on any atom is -0.382 e. The molecule has 1 aliphatic rings. The first-order chi connectivity index (χ1) is 11.9. The second-order valence-corrected chi connectivity index (χ2v) is 7.09. The van der Waals surface area contributed by atoms with Gasteiger partial charge in [-0.2, -0.15) is 0 Å². The maximum atomic E-state index is 12.1. The van der Waals surface area contributed by atoms with Crippen molar-refractivity contribution < 1.29 is 14.7 Å². The van der Waals surface area contributed by atoms with Gasteiger partial charge in [-0.1, -0.05) is 38.2 Å². The molecule has 0 bridgehead atoms. The van der Waals surface area contributed by atoms with E-state index in [2.05, 4.69) is 10.9 Å². The summed E-state index contributed by atoms with van der Waals surface area (Å²) in [4.78, 5) is 24.1. The summed E-state index contributed by atoms with van der Waals surface area (Å²) >= 11 is 0. The van der Waals surface area contributed by atoms with E-state index in [0.717, 1.165) is 24.0 Å². The van der Waals surface area contributed by atoms with Crippen LogP contribution < -0.4 is 16.6 Å². The predicted octanol–water partition coefficient (Wildman–Crippen LogP) is 1.72. The van der Waals surface area contributed by atoms with Crippen molar-refractivity contribution in [1.82, 2.24) is 10.9 Å². The van der Waals surface area contributed by atoms with Crippen LogP contribution in [0, 0.1) is 19.8 Å². The molecule has 1 aromatic rings. The molecule has 1 fully saturated rings. The molecule has 0 spiro atoms.